The van der Waals surface area contributed by atoms with E-state index in [0.717, 1.165) is 11.1 Å². The van der Waals surface area contributed by atoms with E-state index in [0.29, 0.717) is 24.5 Å². The molecule has 0 heterocycles. The van der Waals surface area contributed by atoms with Crippen molar-refractivity contribution in [3.05, 3.63) is 23.3 Å². The molecule has 1 atom stereocenters. The Morgan fingerprint density at radius 3 is 2.11 bits per heavy atom. The van der Waals surface area contributed by atoms with Gasteiger partial charge in [0.2, 0.25) is 0 Å². The van der Waals surface area contributed by atoms with Crippen LogP contribution in [0.15, 0.2) is 12.1 Å². The molecule has 0 aliphatic carbocycles. The van der Waals surface area contributed by atoms with E-state index >= 15 is 0 Å². The minimum Gasteiger partial charge on any atom is -0.496 e. The summed E-state index contributed by atoms with van der Waals surface area (Å²) in [5, 5.41) is 8.95. The maximum Gasteiger partial charge on any atom is 0.306 e. The van der Waals surface area contributed by atoms with Gasteiger partial charge in [-0.2, -0.15) is 0 Å². The smallest absolute Gasteiger partial charge is 0.306 e. The highest BCUT2D eigenvalue weighted by atomic mass is 16.5. The number of ether oxygens (including phenoxy) is 3. The first kappa shape index (κ1) is 15.3. The van der Waals surface area contributed by atoms with Gasteiger partial charge in [-0.1, -0.05) is 6.92 Å². The lowest BCUT2D eigenvalue weighted by atomic mass is 9.99. The maximum atomic E-state index is 10.9. The molecule has 0 bridgehead atoms. The molecule has 1 aromatic rings. The highest BCUT2D eigenvalue weighted by Crippen LogP contribution is 2.32. The van der Waals surface area contributed by atoms with Crippen LogP contribution in [0.25, 0.3) is 0 Å². The molecule has 106 valence electrons. The highest BCUT2D eigenvalue weighted by molar-refractivity contribution is 5.70. The fourth-order valence-electron chi connectivity index (χ4n) is 1.88. The van der Waals surface area contributed by atoms with Gasteiger partial charge in [-0.25, -0.2) is 0 Å². The molecule has 1 N–H and O–H groups in total. The molecule has 0 aliphatic rings. The molecule has 19 heavy (non-hydrogen) atoms. The van der Waals surface area contributed by atoms with Crippen LogP contribution in [0.1, 0.15) is 18.1 Å². The van der Waals surface area contributed by atoms with Crippen molar-refractivity contribution in [2.24, 2.45) is 5.92 Å². The summed E-state index contributed by atoms with van der Waals surface area (Å²) >= 11 is 0. The maximum absolute atomic E-state index is 10.9. The Balaban J connectivity index is 3.11. The SMILES string of the molecule is COCc1c(OC)cc(CC(C)C(=O)O)cc1OC. The monoisotopic (exact) mass is 268 g/mol. The van der Waals surface area contributed by atoms with E-state index in [1.165, 1.54) is 0 Å². The van der Waals surface area contributed by atoms with E-state index in [1.807, 2.05) is 12.1 Å². The van der Waals surface area contributed by atoms with Crippen LogP contribution in [-0.2, 0) is 22.6 Å². The van der Waals surface area contributed by atoms with Gasteiger partial charge in [-0.05, 0) is 24.1 Å². The molecule has 0 aliphatic heterocycles. The quantitative estimate of drug-likeness (QED) is 0.820. The Kier molecular flexibility index (Phi) is 5.63. The van der Waals surface area contributed by atoms with Gasteiger partial charge in [-0.3, -0.25) is 4.79 Å². The Labute approximate surface area is 113 Å². The lowest BCUT2D eigenvalue weighted by molar-refractivity contribution is -0.141. The molecular weight excluding hydrogens is 248 g/mol. The Morgan fingerprint density at radius 1 is 1.21 bits per heavy atom. The van der Waals surface area contributed by atoms with Crippen molar-refractivity contribution in [1.29, 1.82) is 0 Å². The van der Waals surface area contributed by atoms with Gasteiger partial charge in [0, 0.05) is 7.11 Å². The molecule has 0 saturated heterocycles. The molecule has 0 aromatic heterocycles. The van der Waals surface area contributed by atoms with E-state index in [2.05, 4.69) is 0 Å². The van der Waals surface area contributed by atoms with Crippen LogP contribution in [0.5, 0.6) is 11.5 Å². The summed E-state index contributed by atoms with van der Waals surface area (Å²) in [6, 6.07) is 3.66. The van der Waals surface area contributed by atoms with Crippen molar-refractivity contribution in [3.63, 3.8) is 0 Å². The van der Waals surface area contributed by atoms with Gasteiger partial charge < -0.3 is 19.3 Å². The third-order valence-corrected chi connectivity index (χ3v) is 2.92. The lowest BCUT2D eigenvalue weighted by Gasteiger charge is -2.15. The molecule has 1 rings (SSSR count). The summed E-state index contributed by atoms with van der Waals surface area (Å²) in [6.45, 7) is 2.05. The Bertz CT molecular complexity index is 416. The predicted octanol–water partition coefficient (Wildman–Crippen LogP) is 2.11. The second-order valence-corrected chi connectivity index (χ2v) is 4.36. The minimum atomic E-state index is -0.820. The normalized spacial score (nSPS) is 12.0. The second-order valence-electron chi connectivity index (χ2n) is 4.36. The molecule has 0 fully saturated rings. The van der Waals surface area contributed by atoms with Gasteiger partial charge in [0.15, 0.2) is 0 Å². The third kappa shape index (κ3) is 3.86. The first-order valence-corrected chi connectivity index (χ1v) is 5.99. The number of rotatable bonds is 7. The third-order valence-electron chi connectivity index (χ3n) is 2.92. The van der Waals surface area contributed by atoms with Gasteiger partial charge in [0.1, 0.15) is 11.5 Å². The summed E-state index contributed by atoms with van der Waals surface area (Å²) in [4.78, 5) is 10.9. The van der Waals surface area contributed by atoms with Crippen LogP contribution in [0.2, 0.25) is 0 Å². The number of carboxylic acids is 1. The summed E-state index contributed by atoms with van der Waals surface area (Å²) in [5.41, 5.74) is 1.68. The average Bonchev–Trinajstić information content (AvgIpc) is 2.39. The van der Waals surface area contributed by atoms with Crippen LogP contribution in [0.3, 0.4) is 0 Å². The number of carbonyl (C=O) groups is 1. The summed E-state index contributed by atoms with van der Waals surface area (Å²) < 4.78 is 15.7. The van der Waals surface area contributed by atoms with Crippen LogP contribution >= 0.6 is 0 Å². The molecule has 5 nitrogen and oxygen atoms in total. The van der Waals surface area contributed by atoms with Gasteiger partial charge in [0.25, 0.3) is 0 Å². The number of methoxy groups -OCH3 is 3. The number of hydrogen-bond acceptors (Lipinski definition) is 4. The van der Waals surface area contributed by atoms with Crippen molar-refractivity contribution in [3.8, 4) is 11.5 Å². The zero-order chi connectivity index (χ0) is 14.4. The van der Waals surface area contributed by atoms with Crippen LogP contribution < -0.4 is 9.47 Å². The number of benzene rings is 1. The average molecular weight is 268 g/mol. The van der Waals surface area contributed by atoms with Gasteiger partial charge >= 0.3 is 5.97 Å². The topological polar surface area (TPSA) is 65.0 Å². The van der Waals surface area contributed by atoms with Gasteiger partial charge in [0.05, 0.1) is 32.3 Å². The van der Waals surface area contributed by atoms with E-state index < -0.39 is 11.9 Å². The largest absolute Gasteiger partial charge is 0.496 e. The molecule has 0 saturated carbocycles. The van der Waals surface area contributed by atoms with Crippen molar-refractivity contribution < 1.29 is 24.1 Å². The molecule has 1 unspecified atom stereocenters. The zero-order valence-electron chi connectivity index (χ0n) is 11.7. The first-order valence-electron chi connectivity index (χ1n) is 5.99. The van der Waals surface area contributed by atoms with E-state index in [4.69, 9.17) is 19.3 Å². The van der Waals surface area contributed by atoms with E-state index in [-0.39, 0.29) is 0 Å². The standard InChI is InChI=1S/C14H20O5/c1-9(14(15)16)5-10-6-12(18-3)11(8-17-2)13(7-10)19-4/h6-7,9H,5,8H2,1-4H3,(H,15,16). The molecule has 0 radical (unpaired) electrons. The van der Waals surface area contributed by atoms with Crippen molar-refractivity contribution in [2.45, 2.75) is 20.0 Å². The van der Waals surface area contributed by atoms with Crippen LogP contribution in [0.4, 0.5) is 0 Å². The summed E-state index contributed by atoms with van der Waals surface area (Å²) in [7, 11) is 4.73. The van der Waals surface area contributed by atoms with Crippen molar-refractivity contribution >= 4 is 5.97 Å². The molecule has 0 spiro atoms. The Morgan fingerprint density at radius 2 is 1.74 bits per heavy atom. The van der Waals surface area contributed by atoms with Crippen molar-refractivity contribution in [1.82, 2.24) is 0 Å². The molecular formula is C14H20O5. The number of aliphatic carboxylic acids is 1. The lowest BCUT2D eigenvalue weighted by Crippen LogP contribution is -2.12. The Hall–Kier alpha value is -1.75. The summed E-state index contributed by atoms with van der Waals surface area (Å²) in [5.74, 6) is 0.0177. The van der Waals surface area contributed by atoms with E-state index in [1.54, 1.807) is 28.3 Å². The predicted molar refractivity (Wildman–Crippen MR) is 70.8 cm³/mol. The minimum absolute atomic E-state index is 0.376. The fraction of sp³-hybridized carbons (Fsp3) is 0.500. The second kappa shape index (κ2) is 6.99. The fourth-order valence-corrected chi connectivity index (χ4v) is 1.88. The van der Waals surface area contributed by atoms with Crippen molar-refractivity contribution in [2.75, 3.05) is 21.3 Å². The van der Waals surface area contributed by atoms with E-state index in [9.17, 15) is 4.79 Å². The van der Waals surface area contributed by atoms with Crippen LogP contribution in [-0.4, -0.2) is 32.4 Å². The van der Waals surface area contributed by atoms with Gasteiger partial charge in [-0.15, -0.1) is 0 Å². The first-order chi connectivity index (χ1) is 9.03. The molecule has 5 heteroatoms. The molecule has 1 aromatic carbocycles. The van der Waals surface area contributed by atoms with Crippen LogP contribution in [0, 0.1) is 5.92 Å². The molecule has 0 amide bonds. The number of hydrogen-bond donors (Lipinski definition) is 1. The number of carboxylic acid groups (broad SMARTS) is 1. The highest BCUT2D eigenvalue weighted by Gasteiger charge is 2.16. The summed E-state index contributed by atoms with van der Waals surface area (Å²) in [6.07, 6.45) is 0.426. The zero-order valence-corrected chi connectivity index (χ0v) is 11.7.